The zero-order chi connectivity index (χ0) is 26.0. The first-order chi connectivity index (χ1) is 16.6. The van der Waals surface area contributed by atoms with Crippen LogP contribution < -0.4 is 14.4 Å². The summed E-state index contributed by atoms with van der Waals surface area (Å²) in [5.74, 6) is 0.229. The predicted molar refractivity (Wildman–Crippen MR) is 139 cm³/mol. The maximum Gasteiger partial charge on any atom is 0.242 e. The fraction of sp³-hybridized carbons (Fsp3) is 0.440. The first-order valence-electron chi connectivity index (χ1n) is 11.5. The number of hydrogen-bond donors (Lipinski definition) is 1. The molecule has 0 unspecified atom stereocenters. The lowest BCUT2D eigenvalue weighted by Crippen LogP contribution is -2.47. The lowest BCUT2D eigenvalue weighted by molar-refractivity contribution is -0.140. The van der Waals surface area contributed by atoms with Crippen molar-refractivity contribution >= 4 is 39.1 Å². The summed E-state index contributed by atoms with van der Waals surface area (Å²) in [5.41, 5.74) is 1.29. The number of methoxy groups -OCH3 is 1. The lowest BCUT2D eigenvalue weighted by atomic mass is 10.1. The van der Waals surface area contributed by atoms with E-state index in [4.69, 9.17) is 16.3 Å². The van der Waals surface area contributed by atoms with Crippen molar-refractivity contribution in [3.05, 3.63) is 59.1 Å². The molecule has 2 rings (SSSR count). The van der Waals surface area contributed by atoms with Crippen LogP contribution in [0.5, 0.6) is 5.75 Å². The van der Waals surface area contributed by atoms with E-state index in [1.807, 2.05) is 19.1 Å². The first kappa shape index (κ1) is 28.5. The predicted octanol–water partition coefficient (Wildman–Crippen LogP) is 3.84. The SMILES string of the molecule is CCCNC(=O)[C@@H](C)N(Cc1ccc(OC)cc1)C(=O)CCCN(c1cccc(Cl)c1)S(C)(=O)=O. The number of rotatable bonds is 13. The van der Waals surface area contributed by atoms with Crippen LogP contribution in [-0.2, 0) is 26.2 Å². The summed E-state index contributed by atoms with van der Waals surface area (Å²) in [6, 6.07) is 13.2. The molecule has 0 saturated heterocycles. The van der Waals surface area contributed by atoms with E-state index in [0.29, 0.717) is 23.0 Å². The highest BCUT2D eigenvalue weighted by molar-refractivity contribution is 7.92. The van der Waals surface area contributed by atoms with Crippen LogP contribution in [0.2, 0.25) is 5.02 Å². The molecule has 0 aliphatic rings. The van der Waals surface area contributed by atoms with Crippen molar-refractivity contribution in [2.75, 3.05) is 30.8 Å². The molecule has 1 N–H and O–H groups in total. The molecule has 2 amide bonds. The van der Waals surface area contributed by atoms with Gasteiger partial charge in [0, 0.05) is 31.1 Å². The number of carbonyl (C=O) groups is 2. The van der Waals surface area contributed by atoms with Gasteiger partial charge < -0.3 is 15.0 Å². The lowest BCUT2D eigenvalue weighted by Gasteiger charge is -2.29. The topological polar surface area (TPSA) is 96.0 Å². The molecule has 192 valence electrons. The third-order valence-electron chi connectivity index (χ3n) is 5.48. The fourth-order valence-electron chi connectivity index (χ4n) is 3.54. The van der Waals surface area contributed by atoms with Gasteiger partial charge in [-0.15, -0.1) is 0 Å². The molecule has 0 heterocycles. The summed E-state index contributed by atoms with van der Waals surface area (Å²) in [5, 5.41) is 3.26. The normalized spacial score (nSPS) is 12.0. The average Bonchev–Trinajstić information content (AvgIpc) is 2.82. The van der Waals surface area contributed by atoms with Crippen LogP contribution in [0.15, 0.2) is 48.5 Å². The van der Waals surface area contributed by atoms with E-state index < -0.39 is 16.1 Å². The Morgan fingerprint density at radius 1 is 1.14 bits per heavy atom. The van der Waals surface area contributed by atoms with Crippen molar-refractivity contribution in [2.45, 2.75) is 45.7 Å². The van der Waals surface area contributed by atoms with Crippen LogP contribution in [0.1, 0.15) is 38.7 Å². The van der Waals surface area contributed by atoms with Gasteiger partial charge in [-0.05, 0) is 55.7 Å². The summed E-state index contributed by atoms with van der Waals surface area (Å²) in [6.45, 7) is 4.53. The summed E-state index contributed by atoms with van der Waals surface area (Å²) < 4.78 is 31.2. The van der Waals surface area contributed by atoms with Gasteiger partial charge in [-0.25, -0.2) is 8.42 Å². The summed E-state index contributed by atoms with van der Waals surface area (Å²) >= 11 is 6.03. The van der Waals surface area contributed by atoms with E-state index >= 15 is 0 Å². The highest BCUT2D eigenvalue weighted by Crippen LogP contribution is 2.23. The number of carbonyl (C=O) groups excluding carboxylic acids is 2. The van der Waals surface area contributed by atoms with Crippen molar-refractivity contribution < 1.29 is 22.7 Å². The molecule has 0 bridgehead atoms. The number of amides is 2. The molecule has 0 aromatic heterocycles. The van der Waals surface area contributed by atoms with E-state index in [-0.39, 0.29) is 37.7 Å². The number of nitrogens with one attached hydrogen (secondary N) is 1. The van der Waals surface area contributed by atoms with Crippen molar-refractivity contribution in [3.8, 4) is 5.75 Å². The number of nitrogens with zero attached hydrogens (tertiary/aromatic N) is 2. The quantitative estimate of drug-likeness (QED) is 0.430. The number of anilines is 1. The Bertz CT molecular complexity index is 1090. The Hall–Kier alpha value is -2.78. The van der Waals surface area contributed by atoms with Gasteiger partial charge in [0.1, 0.15) is 11.8 Å². The Morgan fingerprint density at radius 3 is 2.40 bits per heavy atom. The minimum atomic E-state index is -3.57. The zero-order valence-electron chi connectivity index (χ0n) is 20.7. The smallest absolute Gasteiger partial charge is 0.242 e. The molecule has 35 heavy (non-hydrogen) atoms. The van der Waals surface area contributed by atoms with Gasteiger partial charge in [-0.1, -0.05) is 36.7 Å². The average molecular weight is 524 g/mol. The van der Waals surface area contributed by atoms with Crippen LogP contribution in [0.25, 0.3) is 0 Å². The monoisotopic (exact) mass is 523 g/mol. The van der Waals surface area contributed by atoms with Crippen LogP contribution in [0.3, 0.4) is 0 Å². The molecule has 0 aliphatic carbocycles. The third kappa shape index (κ3) is 8.74. The Morgan fingerprint density at radius 2 is 1.83 bits per heavy atom. The van der Waals surface area contributed by atoms with Gasteiger partial charge in [0.05, 0.1) is 19.1 Å². The number of benzene rings is 2. The Kier molecular flexibility index (Phi) is 10.9. The van der Waals surface area contributed by atoms with Crippen LogP contribution in [0.4, 0.5) is 5.69 Å². The Balaban J connectivity index is 2.15. The molecular formula is C25H34ClN3O5S. The van der Waals surface area contributed by atoms with Crippen LogP contribution >= 0.6 is 11.6 Å². The maximum atomic E-state index is 13.2. The molecule has 0 saturated carbocycles. The molecule has 0 spiro atoms. The summed E-state index contributed by atoms with van der Waals surface area (Å²) in [7, 11) is -2.00. The molecule has 1 atom stereocenters. The number of halogens is 1. The number of sulfonamides is 1. The Labute approximate surface area is 213 Å². The highest BCUT2D eigenvalue weighted by Gasteiger charge is 2.26. The van der Waals surface area contributed by atoms with E-state index in [1.54, 1.807) is 50.4 Å². The van der Waals surface area contributed by atoms with Crippen LogP contribution in [0, 0.1) is 0 Å². The van der Waals surface area contributed by atoms with Gasteiger partial charge >= 0.3 is 0 Å². The minimum Gasteiger partial charge on any atom is -0.497 e. The van der Waals surface area contributed by atoms with Crippen LogP contribution in [-0.4, -0.2) is 57.6 Å². The maximum absolute atomic E-state index is 13.2. The molecule has 0 fully saturated rings. The van der Waals surface area contributed by atoms with Gasteiger partial charge in [0.25, 0.3) is 0 Å². The molecule has 0 aliphatic heterocycles. The third-order valence-corrected chi connectivity index (χ3v) is 6.91. The molecule has 2 aromatic carbocycles. The molecule has 10 heteroatoms. The second kappa shape index (κ2) is 13.3. The van der Waals surface area contributed by atoms with E-state index in [0.717, 1.165) is 18.2 Å². The van der Waals surface area contributed by atoms with Gasteiger partial charge in [0.15, 0.2) is 0 Å². The van der Waals surface area contributed by atoms with Gasteiger partial charge in [0.2, 0.25) is 21.8 Å². The zero-order valence-corrected chi connectivity index (χ0v) is 22.2. The van der Waals surface area contributed by atoms with Crippen molar-refractivity contribution in [1.82, 2.24) is 10.2 Å². The summed E-state index contributed by atoms with van der Waals surface area (Å²) in [4.78, 5) is 27.4. The van der Waals surface area contributed by atoms with E-state index in [9.17, 15) is 18.0 Å². The molecule has 2 aromatic rings. The van der Waals surface area contributed by atoms with Gasteiger partial charge in [-0.2, -0.15) is 0 Å². The standard InChI is InChI=1S/C25H34ClN3O5S/c1-5-15-27-25(31)19(2)28(18-20-11-13-23(34-3)14-12-20)24(30)10-7-16-29(35(4,32)33)22-9-6-8-21(26)17-22/h6,8-9,11-14,17,19H,5,7,10,15-16,18H2,1-4H3,(H,27,31)/t19-/m1/s1. The van der Waals surface area contributed by atoms with Crippen molar-refractivity contribution in [1.29, 1.82) is 0 Å². The van der Waals surface area contributed by atoms with Crippen molar-refractivity contribution in [3.63, 3.8) is 0 Å². The second-order valence-corrected chi connectivity index (χ2v) is 10.6. The summed E-state index contributed by atoms with van der Waals surface area (Å²) in [6.07, 6.45) is 2.26. The number of ether oxygens (including phenoxy) is 1. The minimum absolute atomic E-state index is 0.0775. The largest absolute Gasteiger partial charge is 0.497 e. The first-order valence-corrected chi connectivity index (χ1v) is 13.7. The van der Waals surface area contributed by atoms with Gasteiger partial charge in [-0.3, -0.25) is 13.9 Å². The van der Waals surface area contributed by atoms with Crippen molar-refractivity contribution in [2.24, 2.45) is 0 Å². The molecular weight excluding hydrogens is 490 g/mol. The molecule has 0 radical (unpaired) electrons. The van der Waals surface area contributed by atoms with E-state index in [1.165, 1.54) is 9.21 Å². The van der Waals surface area contributed by atoms with E-state index in [2.05, 4.69) is 5.32 Å². The highest BCUT2D eigenvalue weighted by atomic mass is 35.5. The molecule has 8 nitrogen and oxygen atoms in total. The second-order valence-electron chi connectivity index (χ2n) is 8.26. The fourth-order valence-corrected chi connectivity index (χ4v) is 4.68. The number of hydrogen-bond acceptors (Lipinski definition) is 5.